The van der Waals surface area contributed by atoms with Gasteiger partial charge in [-0.3, -0.25) is 9.59 Å². The SMILES string of the molecule is CC[C@H]1C(=O)N(Cc2ccc3c(N)ncnc3c2)CCN1C(=O)c1ccc2c(c1)SCC2. The molecule has 0 radical (unpaired) electrons. The van der Waals surface area contributed by atoms with Gasteiger partial charge in [0.2, 0.25) is 5.91 Å². The number of anilines is 1. The van der Waals surface area contributed by atoms with Crippen molar-refractivity contribution in [1.82, 2.24) is 19.8 Å². The lowest BCUT2D eigenvalue weighted by atomic mass is 10.0. The second kappa shape index (κ2) is 8.43. The van der Waals surface area contributed by atoms with Crippen molar-refractivity contribution in [3.8, 4) is 0 Å². The highest BCUT2D eigenvalue weighted by molar-refractivity contribution is 7.99. The fourth-order valence-electron chi connectivity index (χ4n) is 4.54. The molecule has 0 bridgehead atoms. The van der Waals surface area contributed by atoms with Crippen LogP contribution in [0.1, 0.15) is 34.8 Å². The normalized spacial score (nSPS) is 18.3. The lowest BCUT2D eigenvalue weighted by molar-refractivity contribution is -0.141. The number of fused-ring (bicyclic) bond motifs is 2. The molecule has 3 aromatic rings. The smallest absolute Gasteiger partial charge is 0.254 e. The Bertz CT molecular complexity index is 1210. The van der Waals surface area contributed by atoms with Gasteiger partial charge < -0.3 is 15.5 Å². The van der Waals surface area contributed by atoms with Crippen LogP contribution in [0.3, 0.4) is 0 Å². The van der Waals surface area contributed by atoms with Crippen LogP contribution in [0.5, 0.6) is 0 Å². The van der Waals surface area contributed by atoms with E-state index in [-0.39, 0.29) is 11.8 Å². The number of aromatic nitrogens is 2. The monoisotopic (exact) mass is 447 g/mol. The molecule has 2 aliphatic rings. The van der Waals surface area contributed by atoms with Gasteiger partial charge in [-0.1, -0.05) is 19.1 Å². The Morgan fingerprint density at radius 2 is 2.06 bits per heavy atom. The van der Waals surface area contributed by atoms with Crippen LogP contribution in [0.4, 0.5) is 5.82 Å². The van der Waals surface area contributed by atoms with E-state index >= 15 is 0 Å². The first-order valence-electron chi connectivity index (χ1n) is 10.9. The minimum absolute atomic E-state index is 0.00932. The maximum atomic E-state index is 13.3. The molecule has 1 aromatic heterocycles. The third kappa shape index (κ3) is 3.68. The summed E-state index contributed by atoms with van der Waals surface area (Å²) in [6.45, 7) is 3.47. The van der Waals surface area contributed by atoms with Gasteiger partial charge in [0.05, 0.1) is 5.52 Å². The molecule has 5 rings (SSSR count). The summed E-state index contributed by atoms with van der Waals surface area (Å²) in [7, 11) is 0. The summed E-state index contributed by atoms with van der Waals surface area (Å²) in [6, 6.07) is 11.3. The molecule has 0 unspecified atom stereocenters. The number of thioether (sulfide) groups is 1. The predicted molar refractivity (Wildman–Crippen MR) is 125 cm³/mol. The number of nitrogens with zero attached hydrogens (tertiary/aromatic N) is 4. The van der Waals surface area contributed by atoms with Crippen molar-refractivity contribution in [3.63, 3.8) is 0 Å². The zero-order chi connectivity index (χ0) is 22.2. The Labute approximate surface area is 191 Å². The number of carbonyl (C=O) groups is 2. The maximum Gasteiger partial charge on any atom is 0.254 e. The molecule has 2 N–H and O–H groups in total. The number of piperazine rings is 1. The Balaban J connectivity index is 1.33. The predicted octanol–water partition coefficient (Wildman–Crippen LogP) is 3.12. The summed E-state index contributed by atoms with van der Waals surface area (Å²) in [5.41, 5.74) is 9.64. The first-order valence-corrected chi connectivity index (χ1v) is 11.9. The van der Waals surface area contributed by atoms with Gasteiger partial charge in [-0.25, -0.2) is 9.97 Å². The van der Waals surface area contributed by atoms with Crippen molar-refractivity contribution in [2.45, 2.75) is 37.2 Å². The topological polar surface area (TPSA) is 92.4 Å². The van der Waals surface area contributed by atoms with Crippen molar-refractivity contribution < 1.29 is 9.59 Å². The van der Waals surface area contributed by atoms with Crippen molar-refractivity contribution in [2.24, 2.45) is 0 Å². The van der Waals surface area contributed by atoms with Crippen LogP contribution in [0.15, 0.2) is 47.6 Å². The summed E-state index contributed by atoms with van der Waals surface area (Å²) < 4.78 is 0. The average Bonchev–Trinajstić information content (AvgIpc) is 3.28. The standard InChI is InChI=1S/C24H25N5O2S/c1-2-20-24(31)28(13-15-3-6-18-19(11-15)26-14-27-22(18)25)8-9-29(20)23(30)17-5-4-16-7-10-32-21(16)12-17/h3-6,11-12,14,20H,2,7-10,13H2,1H3,(H2,25,26,27)/t20-/m0/s1. The molecule has 2 aliphatic heterocycles. The fraction of sp³-hybridized carbons (Fsp3) is 0.333. The summed E-state index contributed by atoms with van der Waals surface area (Å²) in [6.07, 6.45) is 3.08. The number of hydrogen-bond acceptors (Lipinski definition) is 6. The third-order valence-electron chi connectivity index (χ3n) is 6.28. The van der Waals surface area contributed by atoms with E-state index in [2.05, 4.69) is 16.0 Å². The second-order valence-electron chi connectivity index (χ2n) is 8.21. The number of rotatable bonds is 4. The van der Waals surface area contributed by atoms with Crippen LogP contribution in [-0.4, -0.2) is 56.5 Å². The molecule has 3 heterocycles. The van der Waals surface area contributed by atoms with Gasteiger partial charge >= 0.3 is 0 Å². The van der Waals surface area contributed by atoms with Crippen molar-refractivity contribution in [1.29, 1.82) is 0 Å². The van der Waals surface area contributed by atoms with Crippen LogP contribution < -0.4 is 5.73 Å². The van der Waals surface area contributed by atoms with Crippen LogP contribution in [0.25, 0.3) is 10.9 Å². The molecule has 0 spiro atoms. The Hall–Kier alpha value is -3.13. The molecule has 0 aliphatic carbocycles. The van der Waals surface area contributed by atoms with Crippen LogP contribution in [0.2, 0.25) is 0 Å². The molecule has 1 saturated heterocycles. The van der Waals surface area contributed by atoms with E-state index in [1.54, 1.807) is 16.7 Å². The molecule has 164 valence electrons. The minimum Gasteiger partial charge on any atom is -0.383 e. The van der Waals surface area contributed by atoms with E-state index in [0.29, 0.717) is 37.4 Å². The van der Waals surface area contributed by atoms with E-state index in [1.165, 1.54) is 16.8 Å². The van der Waals surface area contributed by atoms with Crippen molar-refractivity contribution >= 4 is 40.3 Å². The number of amides is 2. The van der Waals surface area contributed by atoms with Crippen molar-refractivity contribution in [3.05, 3.63) is 59.4 Å². The zero-order valence-electron chi connectivity index (χ0n) is 18.0. The molecular weight excluding hydrogens is 422 g/mol. The Morgan fingerprint density at radius 3 is 2.91 bits per heavy atom. The highest BCUT2D eigenvalue weighted by Gasteiger charge is 2.36. The highest BCUT2D eigenvalue weighted by atomic mass is 32.2. The Morgan fingerprint density at radius 1 is 1.19 bits per heavy atom. The van der Waals surface area contributed by atoms with E-state index in [1.807, 2.05) is 42.2 Å². The molecule has 7 nitrogen and oxygen atoms in total. The molecule has 32 heavy (non-hydrogen) atoms. The van der Waals surface area contributed by atoms with Gasteiger partial charge in [0.1, 0.15) is 18.2 Å². The number of nitrogens with two attached hydrogens (primary N) is 1. The van der Waals surface area contributed by atoms with E-state index in [0.717, 1.165) is 28.6 Å². The zero-order valence-corrected chi connectivity index (χ0v) is 18.8. The number of nitrogen functional groups attached to an aromatic ring is 1. The molecule has 0 saturated carbocycles. The number of hydrogen-bond donors (Lipinski definition) is 1. The first-order chi connectivity index (χ1) is 15.5. The van der Waals surface area contributed by atoms with Gasteiger partial charge in [0.15, 0.2) is 0 Å². The number of benzene rings is 2. The fourth-order valence-corrected chi connectivity index (χ4v) is 5.65. The average molecular weight is 448 g/mol. The van der Waals surface area contributed by atoms with Crippen LogP contribution >= 0.6 is 11.8 Å². The number of aryl methyl sites for hydroxylation is 1. The largest absolute Gasteiger partial charge is 0.383 e. The van der Waals surface area contributed by atoms with Crippen LogP contribution in [0, 0.1) is 0 Å². The minimum atomic E-state index is -0.449. The van der Waals surface area contributed by atoms with Gasteiger partial charge in [-0.2, -0.15) is 0 Å². The summed E-state index contributed by atoms with van der Waals surface area (Å²) >= 11 is 1.79. The Kier molecular flexibility index (Phi) is 5.46. The molecule has 1 fully saturated rings. The molecule has 8 heteroatoms. The molecule has 1 atom stereocenters. The second-order valence-corrected chi connectivity index (χ2v) is 9.35. The van der Waals surface area contributed by atoms with E-state index in [4.69, 9.17) is 5.73 Å². The molecular formula is C24H25N5O2S. The maximum absolute atomic E-state index is 13.3. The number of carbonyl (C=O) groups excluding carboxylic acids is 2. The molecule has 2 amide bonds. The quantitative estimate of drug-likeness (QED) is 0.661. The first kappa shape index (κ1) is 20.8. The van der Waals surface area contributed by atoms with Crippen LogP contribution in [-0.2, 0) is 17.8 Å². The third-order valence-corrected chi connectivity index (χ3v) is 7.38. The van der Waals surface area contributed by atoms with E-state index < -0.39 is 6.04 Å². The van der Waals surface area contributed by atoms with Gasteiger partial charge in [0, 0.05) is 41.2 Å². The van der Waals surface area contributed by atoms with E-state index in [9.17, 15) is 9.59 Å². The van der Waals surface area contributed by atoms with Gasteiger partial charge in [0.25, 0.3) is 5.91 Å². The van der Waals surface area contributed by atoms with Gasteiger partial charge in [-0.15, -0.1) is 11.8 Å². The van der Waals surface area contributed by atoms with Gasteiger partial charge in [-0.05, 0) is 48.2 Å². The lowest BCUT2D eigenvalue weighted by Crippen LogP contribution is -2.58. The van der Waals surface area contributed by atoms with Crippen molar-refractivity contribution in [2.75, 3.05) is 24.6 Å². The lowest BCUT2D eigenvalue weighted by Gasteiger charge is -2.40. The summed E-state index contributed by atoms with van der Waals surface area (Å²) in [4.78, 5) is 39.6. The summed E-state index contributed by atoms with van der Waals surface area (Å²) in [5.74, 6) is 1.44. The highest BCUT2D eigenvalue weighted by Crippen LogP contribution is 2.32. The molecule has 2 aromatic carbocycles. The summed E-state index contributed by atoms with van der Waals surface area (Å²) in [5, 5.41) is 0.803.